The molecule has 1 aromatic rings. The Kier molecular flexibility index (Phi) is 7.94. The van der Waals surface area contributed by atoms with Crippen LogP contribution in [0.4, 0.5) is 0 Å². The number of ether oxygens (including phenoxy) is 1. The number of hydrogen-bond acceptors (Lipinski definition) is 4. The van der Waals surface area contributed by atoms with Crippen LogP contribution in [-0.4, -0.2) is 55.1 Å². The minimum atomic E-state index is 0.559. The van der Waals surface area contributed by atoms with Gasteiger partial charge < -0.3 is 10.1 Å². The van der Waals surface area contributed by atoms with Crippen LogP contribution in [0.3, 0.4) is 0 Å². The number of hydrogen-bond donors (Lipinski definition) is 2. The van der Waals surface area contributed by atoms with E-state index < -0.39 is 0 Å². The van der Waals surface area contributed by atoms with Crippen molar-refractivity contribution in [1.82, 2.24) is 15.6 Å². The van der Waals surface area contributed by atoms with Crippen LogP contribution in [-0.2, 0) is 4.74 Å². The third-order valence-corrected chi connectivity index (χ3v) is 4.39. The van der Waals surface area contributed by atoms with E-state index in [-0.39, 0.29) is 0 Å². The lowest BCUT2D eigenvalue weighted by molar-refractivity contribution is 0.0376. The lowest BCUT2D eigenvalue weighted by atomic mass is 10.1. The summed E-state index contributed by atoms with van der Waals surface area (Å²) in [5, 5.41) is 8.06. The summed E-state index contributed by atoms with van der Waals surface area (Å²) in [6, 6.07) is 8.03. The maximum absolute atomic E-state index is 5.34. The molecule has 7 heteroatoms. The third kappa shape index (κ3) is 6.95. The van der Waals surface area contributed by atoms with Crippen molar-refractivity contribution in [1.29, 1.82) is 0 Å². The number of rotatable bonds is 6. The lowest BCUT2D eigenvalue weighted by Gasteiger charge is -2.26. The molecule has 0 aliphatic carbocycles. The summed E-state index contributed by atoms with van der Waals surface area (Å²) < 4.78 is 6.39. The molecule has 23 heavy (non-hydrogen) atoms. The highest BCUT2D eigenvalue weighted by Gasteiger charge is 2.09. The number of nitrogens with zero attached hydrogens (tertiary/aromatic N) is 2. The molecule has 1 fully saturated rings. The predicted molar refractivity (Wildman–Crippen MR) is 102 cm³/mol. The second-order valence-corrected chi connectivity index (χ2v) is 6.70. The van der Waals surface area contributed by atoms with Gasteiger partial charge in [-0.25, -0.2) is 0 Å². The van der Waals surface area contributed by atoms with Crippen molar-refractivity contribution in [2.75, 3.05) is 39.4 Å². The van der Waals surface area contributed by atoms with Crippen LogP contribution in [0, 0.1) is 0 Å². The smallest absolute Gasteiger partial charge is 0.186 e. The predicted octanol–water partition coefficient (Wildman–Crippen LogP) is 2.36. The molecule has 0 atom stereocenters. The Hall–Kier alpha value is -1.02. The first-order valence-electron chi connectivity index (χ1n) is 7.79. The van der Waals surface area contributed by atoms with Crippen LogP contribution in [0.25, 0.3) is 0 Å². The molecule has 1 aliphatic rings. The molecule has 1 heterocycles. The van der Waals surface area contributed by atoms with E-state index in [4.69, 9.17) is 17.0 Å². The standard InChI is InChI=1S/C16H23BrN4OS/c1-13(14-3-5-15(17)6-4-14)19-20-16(23)18-7-2-8-21-9-11-22-12-10-21/h3-6H,2,7-12H2,1H3,(H2,18,20,23)/b19-13+. The van der Waals surface area contributed by atoms with E-state index in [1.54, 1.807) is 0 Å². The van der Waals surface area contributed by atoms with Gasteiger partial charge in [-0.15, -0.1) is 0 Å². The van der Waals surface area contributed by atoms with Crippen molar-refractivity contribution in [3.63, 3.8) is 0 Å². The number of hydrazone groups is 1. The Balaban J connectivity index is 1.64. The second kappa shape index (κ2) is 9.97. The molecule has 2 rings (SSSR count). The van der Waals surface area contributed by atoms with Gasteiger partial charge in [0.2, 0.25) is 0 Å². The van der Waals surface area contributed by atoms with Crippen LogP contribution in [0.15, 0.2) is 33.8 Å². The number of morpholine rings is 1. The van der Waals surface area contributed by atoms with Gasteiger partial charge in [0.25, 0.3) is 0 Å². The topological polar surface area (TPSA) is 48.9 Å². The van der Waals surface area contributed by atoms with Crippen molar-refractivity contribution in [2.24, 2.45) is 5.10 Å². The molecule has 1 saturated heterocycles. The summed E-state index contributed by atoms with van der Waals surface area (Å²) in [6.45, 7) is 7.61. The zero-order chi connectivity index (χ0) is 16.5. The minimum absolute atomic E-state index is 0.559. The monoisotopic (exact) mass is 398 g/mol. The van der Waals surface area contributed by atoms with Gasteiger partial charge in [0.05, 0.1) is 18.9 Å². The van der Waals surface area contributed by atoms with E-state index in [0.717, 1.165) is 61.6 Å². The molecule has 0 bridgehead atoms. The number of thiocarbonyl (C=S) groups is 1. The molecular formula is C16H23BrN4OS. The molecule has 1 aromatic carbocycles. The summed E-state index contributed by atoms with van der Waals surface area (Å²) in [4.78, 5) is 2.41. The zero-order valence-corrected chi connectivity index (χ0v) is 15.8. The highest BCUT2D eigenvalue weighted by molar-refractivity contribution is 9.10. The fourth-order valence-electron chi connectivity index (χ4n) is 2.26. The first-order valence-corrected chi connectivity index (χ1v) is 8.99. The van der Waals surface area contributed by atoms with E-state index in [0.29, 0.717) is 5.11 Å². The van der Waals surface area contributed by atoms with Crippen LogP contribution in [0.1, 0.15) is 18.9 Å². The highest BCUT2D eigenvalue weighted by Crippen LogP contribution is 2.10. The van der Waals surface area contributed by atoms with Crippen LogP contribution < -0.4 is 10.7 Å². The molecule has 2 N–H and O–H groups in total. The molecule has 5 nitrogen and oxygen atoms in total. The quantitative estimate of drug-likeness (QED) is 0.333. The van der Waals surface area contributed by atoms with Crippen molar-refractivity contribution >= 4 is 39.0 Å². The SMILES string of the molecule is C/C(=N\NC(=S)NCCCN1CCOCC1)c1ccc(Br)cc1. The van der Waals surface area contributed by atoms with Gasteiger partial charge in [0.1, 0.15) is 0 Å². The lowest BCUT2D eigenvalue weighted by Crippen LogP contribution is -2.39. The average molecular weight is 399 g/mol. The van der Waals surface area contributed by atoms with Crippen LogP contribution in [0.2, 0.25) is 0 Å². The Bertz CT molecular complexity index is 529. The largest absolute Gasteiger partial charge is 0.379 e. The van der Waals surface area contributed by atoms with Crippen molar-refractivity contribution in [3.8, 4) is 0 Å². The minimum Gasteiger partial charge on any atom is -0.379 e. The second-order valence-electron chi connectivity index (χ2n) is 5.38. The van der Waals surface area contributed by atoms with Gasteiger partial charge in [0.15, 0.2) is 5.11 Å². The maximum Gasteiger partial charge on any atom is 0.186 e. The third-order valence-electron chi connectivity index (χ3n) is 3.63. The van der Waals surface area contributed by atoms with Crippen LogP contribution >= 0.6 is 28.1 Å². The highest BCUT2D eigenvalue weighted by atomic mass is 79.9. The summed E-state index contributed by atoms with van der Waals surface area (Å²) in [5.74, 6) is 0. The number of benzene rings is 1. The summed E-state index contributed by atoms with van der Waals surface area (Å²) in [5.41, 5.74) is 4.86. The Labute approximate surface area is 151 Å². The zero-order valence-electron chi connectivity index (χ0n) is 13.3. The summed E-state index contributed by atoms with van der Waals surface area (Å²) in [7, 11) is 0. The van der Waals surface area contributed by atoms with Crippen molar-refractivity contribution < 1.29 is 4.74 Å². The number of halogens is 1. The van der Waals surface area contributed by atoms with E-state index in [1.807, 2.05) is 31.2 Å². The van der Waals surface area contributed by atoms with Crippen molar-refractivity contribution in [3.05, 3.63) is 34.3 Å². The van der Waals surface area contributed by atoms with E-state index in [9.17, 15) is 0 Å². The molecule has 0 saturated carbocycles. The van der Waals surface area contributed by atoms with Gasteiger partial charge in [0, 0.05) is 24.1 Å². The Morgan fingerprint density at radius 3 is 2.70 bits per heavy atom. The van der Waals surface area contributed by atoms with E-state index >= 15 is 0 Å². The van der Waals surface area contributed by atoms with E-state index in [1.165, 1.54) is 0 Å². The Morgan fingerprint density at radius 2 is 2.00 bits per heavy atom. The molecule has 0 radical (unpaired) electrons. The van der Waals surface area contributed by atoms with Crippen molar-refractivity contribution in [2.45, 2.75) is 13.3 Å². The summed E-state index contributed by atoms with van der Waals surface area (Å²) >= 11 is 8.67. The van der Waals surface area contributed by atoms with E-state index in [2.05, 4.69) is 36.7 Å². The average Bonchev–Trinajstić information content (AvgIpc) is 2.58. The van der Waals surface area contributed by atoms with Gasteiger partial charge in [-0.05, 0) is 49.8 Å². The first kappa shape index (κ1) is 18.3. The number of nitrogens with one attached hydrogen (secondary N) is 2. The molecular weight excluding hydrogens is 376 g/mol. The Morgan fingerprint density at radius 1 is 1.30 bits per heavy atom. The van der Waals surface area contributed by atoms with Gasteiger partial charge >= 0.3 is 0 Å². The normalized spacial score (nSPS) is 16.2. The first-order chi connectivity index (χ1) is 11.1. The maximum atomic E-state index is 5.34. The van der Waals surface area contributed by atoms with Crippen LogP contribution in [0.5, 0.6) is 0 Å². The summed E-state index contributed by atoms with van der Waals surface area (Å²) in [6.07, 6.45) is 1.05. The molecule has 126 valence electrons. The van der Waals surface area contributed by atoms with Gasteiger partial charge in [-0.2, -0.15) is 5.10 Å². The fourth-order valence-corrected chi connectivity index (χ4v) is 2.67. The molecule has 0 unspecified atom stereocenters. The fraction of sp³-hybridized carbons (Fsp3) is 0.500. The molecule has 0 spiro atoms. The molecule has 0 aromatic heterocycles. The molecule has 1 aliphatic heterocycles. The van der Waals surface area contributed by atoms with Gasteiger partial charge in [-0.3, -0.25) is 10.3 Å². The molecule has 0 amide bonds. The van der Waals surface area contributed by atoms with Gasteiger partial charge in [-0.1, -0.05) is 28.1 Å².